The number of benzene rings is 2. The third kappa shape index (κ3) is 5.55. The van der Waals surface area contributed by atoms with Gasteiger partial charge in [-0.15, -0.1) is 0 Å². The molecular weight excluding hydrogens is 276 g/mol. The normalized spacial score (nSPS) is 12.6. The summed E-state index contributed by atoms with van der Waals surface area (Å²) in [6.07, 6.45) is 3.40. The van der Waals surface area contributed by atoms with Crippen LogP contribution in [0, 0.1) is 11.8 Å². The van der Waals surface area contributed by atoms with Crippen LogP contribution in [0.3, 0.4) is 0 Å². The molecule has 1 heteroatoms. The summed E-state index contributed by atoms with van der Waals surface area (Å²) in [6, 6.07) is 17.3. The lowest BCUT2D eigenvalue weighted by atomic mass is 9.92. The van der Waals surface area contributed by atoms with Gasteiger partial charge in [-0.2, -0.15) is 0 Å². The summed E-state index contributed by atoms with van der Waals surface area (Å²) in [7, 11) is 0. The molecule has 0 nitrogen and oxygen atoms in total. The highest BCUT2D eigenvalue weighted by atomic mass is 35.5. The van der Waals surface area contributed by atoms with Crippen molar-refractivity contribution < 1.29 is 0 Å². The van der Waals surface area contributed by atoms with Crippen LogP contribution in [0.15, 0.2) is 48.5 Å². The van der Waals surface area contributed by atoms with Crippen molar-refractivity contribution in [1.29, 1.82) is 0 Å². The average Bonchev–Trinajstić information content (AvgIpc) is 2.41. The van der Waals surface area contributed by atoms with Gasteiger partial charge in [0, 0.05) is 5.02 Å². The summed E-state index contributed by atoms with van der Waals surface area (Å²) in [5, 5.41) is 0.813. The average molecular weight is 301 g/mol. The highest BCUT2D eigenvalue weighted by molar-refractivity contribution is 6.30. The molecule has 0 radical (unpaired) electrons. The first-order valence-corrected chi connectivity index (χ1v) is 8.23. The summed E-state index contributed by atoms with van der Waals surface area (Å²) in [6.45, 7) is 6.87. The lowest BCUT2D eigenvalue weighted by Crippen LogP contribution is -2.04. The van der Waals surface area contributed by atoms with Crippen molar-refractivity contribution in [2.24, 2.45) is 11.8 Å². The second kappa shape index (κ2) is 7.66. The molecule has 1 unspecified atom stereocenters. The molecule has 21 heavy (non-hydrogen) atoms. The zero-order valence-corrected chi connectivity index (χ0v) is 14.0. The van der Waals surface area contributed by atoms with Gasteiger partial charge in [0.15, 0.2) is 0 Å². The van der Waals surface area contributed by atoms with E-state index in [1.807, 2.05) is 12.1 Å². The third-order valence-corrected chi connectivity index (χ3v) is 3.97. The van der Waals surface area contributed by atoms with Gasteiger partial charge in [0.05, 0.1) is 0 Å². The minimum absolute atomic E-state index is 0.639. The topological polar surface area (TPSA) is 0 Å². The van der Waals surface area contributed by atoms with Crippen molar-refractivity contribution in [3.63, 3.8) is 0 Å². The fourth-order valence-corrected chi connectivity index (χ4v) is 2.98. The molecule has 0 aliphatic carbocycles. The quantitative estimate of drug-likeness (QED) is 0.617. The van der Waals surface area contributed by atoms with E-state index in [1.165, 1.54) is 23.1 Å². The Morgan fingerprint density at radius 2 is 1.33 bits per heavy atom. The second-order valence-corrected chi connectivity index (χ2v) is 6.99. The molecule has 1 atom stereocenters. The molecule has 0 heterocycles. The van der Waals surface area contributed by atoms with E-state index < -0.39 is 0 Å². The molecule has 2 aromatic rings. The Balaban J connectivity index is 1.95. The molecule has 0 aromatic heterocycles. The Kier molecular flexibility index (Phi) is 5.87. The first kappa shape index (κ1) is 16.1. The molecule has 0 bridgehead atoms. The highest BCUT2D eigenvalue weighted by Gasteiger charge is 2.06. The summed E-state index contributed by atoms with van der Waals surface area (Å²) >= 11 is 5.94. The van der Waals surface area contributed by atoms with Crippen LogP contribution in [0.1, 0.15) is 37.5 Å². The standard InChI is InChI=1S/C20H25Cl/c1-15(2)11-18-5-4-6-19(14-18)13-16(3)12-17-7-9-20(21)10-8-17/h4-10,14-16H,11-13H2,1-3H3. The molecule has 0 fully saturated rings. The third-order valence-electron chi connectivity index (χ3n) is 3.72. The van der Waals surface area contributed by atoms with Gasteiger partial charge in [-0.1, -0.05) is 68.8 Å². The van der Waals surface area contributed by atoms with E-state index in [4.69, 9.17) is 11.6 Å². The molecule has 0 saturated heterocycles. The summed E-state index contributed by atoms with van der Waals surface area (Å²) < 4.78 is 0. The fraction of sp³-hybridized carbons (Fsp3) is 0.400. The fourth-order valence-electron chi connectivity index (χ4n) is 2.85. The van der Waals surface area contributed by atoms with Crippen molar-refractivity contribution in [2.45, 2.75) is 40.0 Å². The number of rotatable bonds is 6. The highest BCUT2D eigenvalue weighted by Crippen LogP contribution is 2.18. The smallest absolute Gasteiger partial charge is 0.0406 e. The Morgan fingerprint density at radius 3 is 1.95 bits per heavy atom. The SMILES string of the molecule is CC(C)Cc1cccc(CC(C)Cc2ccc(Cl)cc2)c1. The van der Waals surface area contributed by atoms with Crippen molar-refractivity contribution >= 4 is 11.6 Å². The zero-order valence-electron chi connectivity index (χ0n) is 13.3. The van der Waals surface area contributed by atoms with Crippen LogP contribution >= 0.6 is 11.6 Å². The molecule has 0 saturated carbocycles. The summed E-state index contributed by atoms with van der Waals surface area (Å²) in [5.74, 6) is 1.35. The van der Waals surface area contributed by atoms with Crippen LogP contribution in [0.25, 0.3) is 0 Å². The first-order chi connectivity index (χ1) is 10.0. The van der Waals surface area contributed by atoms with E-state index >= 15 is 0 Å². The van der Waals surface area contributed by atoms with Crippen LogP contribution in [-0.2, 0) is 19.3 Å². The van der Waals surface area contributed by atoms with Crippen LogP contribution in [0.4, 0.5) is 0 Å². The summed E-state index contributed by atoms with van der Waals surface area (Å²) in [4.78, 5) is 0. The van der Waals surface area contributed by atoms with E-state index in [1.54, 1.807) is 0 Å². The largest absolute Gasteiger partial charge is 0.0843 e. The van der Waals surface area contributed by atoms with E-state index in [-0.39, 0.29) is 0 Å². The lowest BCUT2D eigenvalue weighted by Gasteiger charge is -2.13. The van der Waals surface area contributed by atoms with Crippen LogP contribution < -0.4 is 0 Å². The minimum atomic E-state index is 0.639. The maximum atomic E-state index is 5.94. The molecule has 2 rings (SSSR count). The van der Waals surface area contributed by atoms with E-state index in [9.17, 15) is 0 Å². The molecular formula is C20H25Cl. The van der Waals surface area contributed by atoms with Gasteiger partial charge in [0.2, 0.25) is 0 Å². The van der Waals surface area contributed by atoms with Crippen LogP contribution in [0.5, 0.6) is 0 Å². The second-order valence-electron chi connectivity index (χ2n) is 6.56. The van der Waals surface area contributed by atoms with E-state index in [0.717, 1.165) is 17.9 Å². The Bertz CT molecular complexity index is 554. The van der Waals surface area contributed by atoms with Gasteiger partial charge in [0.1, 0.15) is 0 Å². The maximum absolute atomic E-state index is 5.94. The number of hydrogen-bond donors (Lipinski definition) is 0. The Hall–Kier alpha value is -1.27. The van der Waals surface area contributed by atoms with Gasteiger partial charge in [-0.05, 0) is 59.9 Å². The maximum Gasteiger partial charge on any atom is 0.0406 e. The Morgan fingerprint density at radius 1 is 0.762 bits per heavy atom. The minimum Gasteiger partial charge on any atom is -0.0843 e. The molecule has 0 spiro atoms. The van der Waals surface area contributed by atoms with Crippen LogP contribution in [-0.4, -0.2) is 0 Å². The predicted octanol–water partition coefficient (Wildman–Crippen LogP) is 5.96. The lowest BCUT2D eigenvalue weighted by molar-refractivity contribution is 0.576. The van der Waals surface area contributed by atoms with Crippen molar-refractivity contribution in [1.82, 2.24) is 0 Å². The van der Waals surface area contributed by atoms with Crippen LogP contribution in [0.2, 0.25) is 5.02 Å². The summed E-state index contributed by atoms with van der Waals surface area (Å²) in [5.41, 5.74) is 4.28. The Labute approximate surface area is 134 Å². The molecule has 0 N–H and O–H groups in total. The first-order valence-electron chi connectivity index (χ1n) is 7.85. The number of halogens is 1. The van der Waals surface area contributed by atoms with E-state index in [0.29, 0.717) is 11.8 Å². The van der Waals surface area contributed by atoms with Gasteiger partial charge in [0.25, 0.3) is 0 Å². The molecule has 0 amide bonds. The van der Waals surface area contributed by atoms with Crippen molar-refractivity contribution in [2.75, 3.05) is 0 Å². The van der Waals surface area contributed by atoms with E-state index in [2.05, 4.69) is 57.2 Å². The molecule has 2 aromatic carbocycles. The number of hydrogen-bond acceptors (Lipinski definition) is 0. The van der Waals surface area contributed by atoms with Gasteiger partial charge >= 0.3 is 0 Å². The molecule has 0 aliphatic rings. The van der Waals surface area contributed by atoms with Crippen molar-refractivity contribution in [3.05, 3.63) is 70.2 Å². The van der Waals surface area contributed by atoms with Gasteiger partial charge in [-0.25, -0.2) is 0 Å². The predicted molar refractivity (Wildman–Crippen MR) is 93.0 cm³/mol. The van der Waals surface area contributed by atoms with Crippen molar-refractivity contribution in [3.8, 4) is 0 Å². The molecule has 112 valence electrons. The van der Waals surface area contributed by atoms with Gasteiger partial charge < -0.3 is 0 Å². The monoisotopic (exact) mass is 300 g/mol. The van der Waals surface area contributed by atoms with Gasteiger partial charge in [-0.3, -0.25) is 0 Å². The zero-order chi connectivity index (χ0) is 15.2. The molecule has 0 aliphatic heterocycles.